The Balaban J connectivity index is 1.75. The van der Waals surface area contributed by atoms with Crippen molar-refractivity contribution in [3.05, 3.63) is 18.0 Å². The van der Waals surface area contributed by atoms with Crippen LogP contribution < -0.4 is 10.6 Å². The van der Waals surface area contributed by atoms with Crippen molar-refractivity contribution in [2.45, 2.75) is 39.2 Å². The number of aromatic nitrogens is 2. The van der Waals surface area contributed by atoms with Crippen LogP contribution in [0.25, 0.3) is 0 Å². The van der Waals surface area contributed by atoms with E-state index in [0.717, 1.165) is 38.6 Å². The molecular formula is C17H32N6. The second kappa shape index (κ2) is 7.81. The third kappa shape index (κ3) is 5.86. The third-order valence-corrected chi connectivity index (χ3v) is 4.14. The molecule has 2 rings (SSSR count). The zero-order valence-corrected chi connectivity index (χ0v) is 15.3. The van der Waals surface area contributed by atoms with Gasteiger partial charge in [0, 0.05) is 52.0 Å². The van der Waals surface area contributed by atoms with Gasteiger partial charge in [-0.3, -0.25) is 9.67 Å². The minimum atomic E-state index is 0.160. The van der Waals surface area contributed by atoms with Crippen molar-refractivity contribution in [2.24, 2.45) is 18.0 Å². The quantitative estimate of drug-likeness (QED) is 0.487. The van der Waals surface area contributed by atoms with Crippen molar-refractivity contribution in [1.29, 1.82) is 0 Å². The van der Waals surface area contributed by atoms with Gasteiger partial charge < -0.3 is 15.5 Å². The molecule has 1 aromatic rings. The Kier molecular flexibility index (Phi) is 6.04. The lowest BCUT2D eigenvalue weighted by Gasteiger charge is -2.24. The molecular weight excluding hydrogens is 288 g/mol. The maximum Gasteiger partial charge on any atom is 0.193 e. The average Bonchev–Trinajstić information content (AvgIpc) is 3.08. The summed E-state index contributed by atoms with van der Waals surface area (Å²) in [4.78, 5) is 6.81. The molecule has 0 aliphatic carbocycles. The van der Waals surface area contributed by atoms with Gasteiger partial charge in [-0.1, -0.05) is 0 Å². The maximum atomic E-state index is 4.44. The van der Waals surface area contributed by atoms with Gasteiger partial charge in [-0.25, -0.2) is 0 Å². The van der Waals surface area contributed by atoms with Crippen LogP contribution in [0.2, 0.25) is 0 Å². The van der Waals surface area contributed by atoms with Crippen molar-refractivity contribution in [3.63, 3.8) is 0 Å². The normalized spacial score (nSPS) is 19.4. The number of hydrogen-bond acceptors (Lipinski definition) is 3. The number of aliphatic imine (C=N–C) groups is 1. The summed E-state index contributed by atoms with van der Waals surface area (Å²) < 4.78 is 1.88. The first kappa shape index (κ1) is 17.8. The van der Waals surface area contributed by atoms with E-state index in [4.69, 9.17) is 0 Å². The molecule has 0 aromatic carbocycles. The van der Waals surface area contributed by atoms with E-state index in [1.54, 1.807) is 0 Å². The lowest BCUT2D eigenvalue weighted by Crippen LogP contribution is -2.45. The Bertz CT molecular complexity index is 513. The first-order valence-corrected chi connectivity index (χ1v) is 8.55. The number of likely N-dealkylation sites (tertiary alicyclic amines) is 1. The largest absolute Gasteiger partial charge is 0.355 e. The second-order valence-corrected chi connectivity index (χ2v) is 7.48. The maximum absolute atomic E-state index is 4.44. The lowest BCUT2D eigenvalue weighted by atomic mass is 10.0. The van der Waals surface area contributed by atoms with Crippen LogP contribution in [0.4, 0.5) is 0 Å². The SMILES string of the molecule is CN=C(NCCNC(C)(C)C)N1CCC(Cc2cnn(C)c2)C1. The van der Waals surface area contributed by atoms with Crippen LogP contribution in [0.3, 0.4) is 0 Å². The van der Waals surface area contributed by atoms with Crippen molar-refractivity contribution < 1.29 is 0 Å². The van der Waals surface area contributed by atoms with Gasteiger partial charge in [-0.2, -0.15) is 5.10 Å². The Labute approximate surface area is 140 Å². The monoisotopic (exact) mass is 320 g/mol. The summed E-state index contributed by atoms with van der Waals surface area (Å²) in [7, 11) is 3.84. The predicted molar refractivity (Wildman–Crippen MR) is 95.7 cm³/mol. The topological polar surface area (TPSA) is 57.5 Å². The molecule has 6 heteroatoms. The Hall–Kier alpha value is -1.56. The zero-order valence-electron chi connectivity index (χ0n) is 15.3. The summed E-state index contributed by atoms with van der Waals surface area (Å²) in [6, 6.07) is 0. The van der Waals surface area contributed by atoms with Gasteiger partial charge >= 0.3 is 0 Å². The van der Waals surface area contributed by atoms with Crippen LogP contribution in [0.5, 0.6) is 0 Å². The molecule has 1 fully saturated rings. The molecule has 0 radical (unpaired) electrons. The summed E-state index contributed by atoms with van der Waals surface area (Å²) >= 11 is 0. The van der Waals surface area contributed by atoms with Gasteiger partial charge in [-0.15, -0.1) is 0 Å². The molecule has 2 heterocycles. The van der Waals surface area contributed by atoms with Gasteiger partial charge in [0.25, 0.3) is 0 Å². The Morgan fingerprint density at radius 3 is 2.78 bits per heavy atom. The van der Waals surface area contributed by atoms with E-state index < -0.39 is 0 Å². The van der Waals surface area contributed by atoms with Crippen LogP contribution in [-0.2, 0) is 13.5 Å². The van der Waals surface area contributed by atoms with Crippen molar-refractivity contribution in [3.8, 4) is 0 Å². The highest BCUT2D eigenvalue weighted by Crippen LogP contribution is 2.20. The highest BCUT2D eigenvalue weighted by molar-refractivity contribution is 5.80. The molecule has 2 N–H and O–H groups in total. The molecule has 130 valence electrons. The fraction of sp³-hybridized carbons (Fsp3) is 0.765. The Morgan fingerprint density at radius 1 is 1.39 bits per heavy atom. The number of nitrogens with one attached hydrogen (secondary N) is 2. The van der Waals surface area contributed by atoms with Crippen molar-refractivity contribution in [1.82, 2.24) is 25.3 Å². The molecule has 0 amide bonds. The van der Waals surface area contributed by atoms with Gasteiger partial charge in [0.15, 0.2) is 5.96 Å². The molecule has 0 saturated carbocycles. The van der Waals surface area contributed by atoms with E-state index in [2.05, 4.69) is 52.6 Å². The highest BCUT2D eigenvalue weighted by Gasteiger charge is 2.25. The molecule has 6 nitrogen and oxygen atoms in total. The molecule has 1 unspecified atom stereocenters. The number of aryl methyl sites for hydroxylation is 1. The van der Waals surface area contributed by atoms with E-state index in [-0.39, 0.29) is 5.54 Å². The van der Waals surface area contributed by atoms with Crippen LogP contribution in [0.1, 0.15) is 32.8 Å². The third-order valence-electron chi connectivity index (χ3n) is 4.14. The minimum absolute atomic E-state index is 0.160. The molecule has 1 atom stereocenters. The summed E-state index contributed by atoms with van der Waals surface area (Å²) in [5.74, 6) is 1.71. The summed E-state index contributed by atoms with van der Waals surface area (Å²) in [6.45, 7) is 10.5. The number of guanidine groups is 1. The molecule has 0 bridgehead atoms. The van der Waals surface area contributed by atoms with E-state index >= 15 is 0 Å². The van der Waals surface area contributed by atoms with Crippen molar-refractivity contribution in [2.75, 3.05) is 33.2 Å². The van der Waals surface area contributed by atoms with Crippen LogP contribution >= 0.6 is 0 Å². The first-order chi connectivity index (χ1) is 10.9. The standard InChI is InChI=1S/C17H32N6/c1-17(2,3)20-8-7-19-16(18-4)23-9-6-14(13-23)10-15-11-21-22(5)12-15/h11-12,14,20H,6-10,13H2,1-5H3,(H,18,19). The van der Waals surface area contributed by atoms with E-state index in [1.165, 1.54) is 12.0 Å². The molecule has 23 heavy (non-hydrogen) atoms. The van der Waals surface area contributed by atoms with Crippen LogP contribution in [0.15, 0.2) is 17.4 Å². The number of hydrogen-bond donors (Lipinski definition) is 2. The summed E-state index contributed by atoms with van der Waals surface area (Å²) in [5.41, 5.74) is 1.49. The predicted octanol–water partition coefficient (Wildman–Crippen LogP) is 1.25. The van der Waals surface area contributed by atoms with Gasteiger partial charge in [0.1, 0.15) is 0 Å². The highest BCUT2D eigenvalue weighted by atomic mass is 15.3. The fourth-order valence-electron chi connectivity index (χ4n) is 3.05. The first-order valence-electron chi connectivity index (χ1n) is 8.55. The summed E-state index contributed by atoms with van der Waals surface area (Å²) in [6.07, 6.45) is 6.42. The second-order valence-electron chi connectivity index (χ2n) is 7.48. The van der Waals surface area contributed by atoms with E-state index in [1.807, 2.05) is 25.0 Å². The van der Waals surface area contributed by atoms with E-state index in [9.17, 15) is 0 Å². The zero-order chi connectivity index (χ0) is 16.9. The van der Waals surface area contributed by atoms with Crippen LogP contribution in [0, 0.1) is 5.92 Å². The molecule has 1 aromatic heterocycles. The smallest absolute Gasteiger partial charge is 0.193 e. The van der Waals surface area contributed by atoms with E-state index in [0.29, 0.717) is 5.92 Å². The minimum Gasteiger partial charge on any atom is -0.355 e. The number of nitrogens with zero attached hydrogens (tertiary/aromatic N) is 4. The van der Waals surface area contributed by atoms with Crippen molar-refractivity contribution >= 4 is 5.96 Å². The molecule has 1 saturated heterocycles. The molecule has 1 aliphatic rings. The molecule has 1 aliphatic heterocycles. The lowest BCUT2D eigenvalue weighted by molar-refractivity contribution is 0.420. The van der Waals surface area contributed by atoms with Gasteiger partial charge in [0.2, 0.25) is 0 Å². The summed E-state index contributed by atoms with van der Waals surface area (Å²) in [5, 5.41) is 11.2. The average molecular weight is 320 g/mol. The number of rotatable bonds is 5. The molecule has 0 spiro atoms. The van der Waals surface area contributed by atoms with Gasteiger partial charge in [-0.05, 0) is 45.1 Å². The van der Waals surface area contributed by atoms with Gasteiger partial charge in [0.05, 0.1) is 6.20 Å². The van der Waals surface area contributed by atoms with Crippen LogP contribution in [-0.4, -0.2) is 59.4 Å². The Morgan fingerprint density at radius 2 is 2.17 bits per heavy atom. The fourth-order valence-corrected chi connectivity index (χ4v) is 3.05.